The topological polar surface area (TPSA) is 88.8 Å². The maximum absolute atomic E-state index is 12.8. The summed E-state index contributed by atoms with van der Waals surface area (Å²) in [4.78, 5) is 24.0. The van der Waals surface area contributed by atoms with E-state index in [0.29, 0.717) is 31.6 Å². The third kappa shape index (κ3) is 3.01. The molecule has 2 aromatic rings. The number of furan rings is 1. The zero-order valence-corrected chi connectivity index (χ0v) is 13.8. The summed E-state index contributed by atoms with van der Waals surface area (Å²) in [6.07, 6.45) is 0.826. The van der Waals surface area contributed by atoms with Crippen molar-refractivity contribution in [3.05, 3.63) is 35.1 Å². The van der Waals surface area contributed by atoms with Gasteiger partial charge in [-0.3, -0.25) is 9.59 Å². The van der Waals surface area contributed by atoms with Crippen molar-refractivity contribution >= 4 is 22.8 Å². The summed E-state index contributed by atoms with van der Waals surface area (Å²) in [6, 6.07) is 5.77. The highest BCUT2D eigenvalue weighted by atomic mass is 16.5. The molecule has 1 aromatic heterocycles. The smallest absolute Gasteiger partial charge is 0.305 e. The van der Waals surface area contributed by atoms with E-state index >= 15 is 0 Å². The first-order valence-corrected chi connectivity index (χ1v) is 8.03. The monoisotopic (exact) mass is 331 g/mol. The zero-order valence-electron chi connectivity index (χ0n) is 13.8. The molecule has 6 heteroatoms. The van der Waals surface area contributed by atoms with Gasteiger partial charge in [0.2, 0.25) is 0 Å². The Bertz CT molecular complexity index is 786. The number of rotatable bonds is 4. The van der Waals surface area contributed by atoms with Crippen LogP contribution in [0.1, 0.15) is 40.9 Å². The number of para-hydroxylation sites is 1. The lowest BCUT2D eigenvalue weighted by Gasteiger charge is -2.36. The lowest BCUT2D eigenvalue weighted by molar-refractivity contribution is -0.139. The van der Waals surface area contributed by atoms with Gasteiger partial charge in [0.25, 0.3) is 5.91 Å². The summed E-state index contributed by atoms with van der Waals surface area (Å²) < 4.78 is 11.1. The number of fused-ring (bicyclic) bond motifs is 1. The minimum atomic E-state index is -0.936. The van der Waals surface area contributed by atoms with Crippen LogP contribution >= 0.6 is 0 Å². The molecule has 2 heterocycles. The summed E-state index contributed by atoms with van der Waals surface area (Å²) in [6.45, 7) is 4.64. The van der Waals surface area contributed by atoms with Gasteiger partial charge in [-0.15, -0.1) is 0 Å². The molecule has 1 amide bonds. The number of carboxylic acids is 1. The number of carboxylic acid groups (broad SMARTS) is 1. The van der Waals surface area contributed by atoms with E-state index in [1.807, 2.05) is 32.0 Å². The van der Waals surface area contributed by atoms with Gasteiger partial charge in [-0.1, -0.05) is 18.2 Å². The first-order chi connectivity index (χ1) is 11.4. The number of nitrogens with one attached hydrogen (secondary N) is 1. The first-order valence-electron chi connectivity index (χ1n) is 8.03. The number of hydrogen-bond acceptors (Lipinski definition) is 4. The third-order valence-corrected chi connectivity index (χ3v) is 4.69. The molecule has 1 saturated heterocycles. The van der Waals surface area contributed by atoms with Crippen LogP contribution in [-0.4, -0.2) is 35.7 Å². The van der Waals surface area contributed by atoms with Crippen molar-refractivity contribution in [1.29, 1.82) is 0 Å². The van der Waals surface area contributed by atoms with E-state index in [2.05, 4.69) is 5.32 Å². The van der Waals surface area contributed by atoms with E-state index in [1.165, 1.54) is 0 Å². The van der Waals surface area contributed by atoms with Crippen molar-refractivity contribution in [2.75, 3.05) is 13.2 Å². The molecule has 1 aliphatic rings. The third-order valence-electron chi connectivity index (χ3n) is 4.69. The highest BCUT2D eigenvalue weighted by Gasteiger charge is 2.37. The van der Waals surface area contributed by atoms with Crippen LogP contribution in [0.3, 0.4) is 0 Å². The number of benzene rings is 1. The van der Waals surface area contributed by atoms with Crippen LogP contribution in [0.25, 0.3) is 11.0 Å². The number of ether oxygens (including phenoxy) is 1. The molecule has 1 aliphatic heterocycles. The Balaban J connectivity index is 1.92. The van der Waals surface area contributed by atoms with Gasteiger partial charge in [-0.05, 0) is 32.3 Å². The quantitative estimate of drug-likeness (QED) is 0.899. The predicted molar refractivity (Wildman–Crippen MR) is 88.2 cm³/mol. The molecular formula is C18H21NO5. The van der Waals surface area contributed by atoms with E-state index in [1.54, 1.807) is 0 Å². The van der Waals surface area contributed by atoms with Gasteiger partial charge in [0.1, 0.15) is 5.58 Å². The molecule has 1 aromatic carbocycles. The second kappa shape index (κ2) is 6.28. The average Bonchev–Trinajstić information content (AvgIpc) is 2.86. The van der Waals surface area contributed by atoms with E-state index in [9.17, 15) is 14.7 Å². The Kier molecular flexibility index (Phi) is 4.32. The normalized spacial score (nSPS) is 16.9. The molecule has 0 atom stereocenters. The van der Waals surface area contributed by atoms with Crippen LogP contribution < -0.4 is 5.32 Å². The van der Waals surface area contributed by atoms with Crippen LogP contribution in [0.2, 0.25) is 0 Å². The van der Waals surface area contributed by atoms with Crippen molar-refractivity contribution in [2.24, 2.45) is 0 Å². The van der Waals surface area contributed by atoms with Crippen molar-refractivity contribution in [3.63, 3.8) is 0 Å². The maximum atomic E-state index is 12.8. The standard InChI is InChI=1S/C18H21NO5/c1-11-4-3-5-13-12(2)16(24-15(11)13)17(22)19-18(10-14(20)21)6-8-23-9-7-18/h3-5H,6-10H2,1-2H3,(H,19,22)(H,20,21). The number of carbonyl (C=O) groups is 2. The van der Waals surface area contributed by atoms with Gasteiger partial charge in [-0.25, -0.2) is 0 Å². The molecular weight excluding hydrogens is 310 g/mol. The minimum Gasteiger partial charge on any atom is -0.481 e. The predicted octanol–water partition coefficient (Wildman–Crippen LogP) is 2.80. The van der Waals surface area contributed by atoms with E-state index in [4.69, 9.17) is 9.15 Å². The first kappa shape index (κ1) is 16.5. The molecule has 1 fully saturated rings. The number of aliphatic carboxylic acids is 1. The van der Waals surface area contributed by atoms with Crippen LogP contribution in [0, 0.1) is 13.8 Å². The SMILES string of the molecule is Cc1c(C(=O)NC2(CC(=O)O)CCOCC2)oc2c(C)cccc12. The van der Waals surface area contributed by atoms with Gasteiger partial charge in [0.05, 0.1) is 12.0 Å². The minimum absolute atomic E-state index is 0.125. The molecule has 0 saturated carbocycles. The van der Waals surface area contributed by atoms with Crippen LogP contribution in [-0.2, 0) is 9.53 Å². The van der Waals surface area contributed by atoms with Crippen molar-refractivity contribution in [3.8, 4) is 0 Å². The van der Waals surface area contributed by atoms with Crippen LogP contribution in [0.15, 0.2) is 22.6 Å². The molecule has 128 valence electrons. The largest absolute Gasteiger partial charge is 0.481 e. The fraction of sp³-hybridized carbons (Fsp3) is 0.444. The fourth-order valence-electron chi connectivity index (χ4n) is 3.30. The molecule has 0 spiro atoms. The molecule has 6 nitrogen and oxygen atoms in total. The number of hydrogen-bond donors (Lipinski definition) is 2. The molecule has 0 aliphatic carbocycles. The van der Waals surface area contributed by atoms with Gasteiger partial charge in [0.15, 0.2) is 5.76 Å². The lowest BCUT2D eigenvalue weighted by atomic mass is 9.86. The van der Waals surface area contributed by atoms with Gasteiger partial charge in [-0.2, -0.15) is 0 Å². The number of amides is 1. The van der Waals surface area contributed by atoms with Crippen molar-refractivity contribution in [1.82, 2.24) is 5.32 Å². The van der Waals surface area contributed by atoms with Gasteiger partial charge in [0, 0.05) is 24.2 Å². The van der Waals surface area contributed by atoms with Crippen molar-refractivity contribution < 1.29 is 23.8 Å². The second-order valence-electron chi connectivity index (χ2n) is 6.43. The highest BCUT2D eigenvalue weighted by molar-refractivity contribution is 6.00. The molecule has 0 bridgehead atoms. The number of carbonyl (C=O) groups excluding carboxylic acids is 1. The summed E-state index contributed by atoms with van der Waals surface area (Å²) in [5.74, 6) is -1.06. The molecule has 2 N–H and O–H groups in total. The molecule has 3 rings (SSSR count). The highest BCUT2D eigenvalue weighted by Crippen LogP contribution is 2.30. The Hall–Kier alpha value is -2.34. The van der Waals surface area contributed by atoms with Crippen LogP contribution in [0.5, 0.6) is 0 Å². The van der Waals surface area contributed by atoms with E-state index in [0.717, 1.165) is 16.5 Å². The Morgan fingerprint density at radius 1 is 1.25 bits per heavy atom. The van der Waals surface area contributed by atoms with Crippen LogP contribution in [0.4, 0.5) is 0 Å². The summed E-state index contributed by atoms with van der Waals surface area (Å²) in [7, 11) is 0. The molecule has 24 heavy (non-hydrogen) atoms. The van der Waals surface area contributed by atoms with E-state index in [-0.39, 0.29) is 18.1 Å². The Morgan fingerprint density at radius 3 is 2.58 bits per heavy atom. The maximum Gasteiger partial charge on any atom is 0.305 e. The average molecular weight is 331 g/mol. The summed E-state index contributed by atoms with van der Waals surface area (Å²) in [5.41, 5.74) is 1.63. The van der Waals surface area contributed by atoms with Gasteiger partial charge < -0.3 is 19.6 Å². The molecule has 0 unspecified atom stereocenters. The Morgan fingerprint density at radius 2 is 1.96 bits per heavy atom. The summed E-state index contributed by atoms with van der Waals surface area (Å²) in [5, 5.41) is 13.0. The van der Waals surface area contributed by atoms with Crippen molar-refractivity contribution in [2.45, 2.75) is 38.6 Å². The number of aryl methyl sites for hydroxylation is 2. The second-order valence-corrected chi connectivity index (χ2v) is 6.43. The van der Waals surface area contributed by atoms with E-state index < -0.39 is 11.5 Å². The zero-order chi connectivity index (χ0) is 17.3. The molecule has 0 radical (unpaired) electrons. The lowest BCUT2D eigenvalue weighted by Crippen LogP contribution is -2.53. The fourth-order valence-corrected chi connectivity index (χ4v) is 3.30. The Labute approximate surface area is 139 Å². The van der Waals surface area contributed by atoms with Gasteiger partial charge >= 0.3 is 5.97 Å². The summed E-state index contributed by atoms with van der Waals surface area (Å²) >= 11 is 0.